The van der Waals surface area contributed by atoms with Gasteiger partial charge in [-0.05, 0) is 35.1 Å². The maximum absolute atomic E-state index is 9.87. The van der Waals surface area contributed by atoms with Crippen LogP contribution < -0.4 is 0 Å². The quantitative estimate of drug-likeness (QED) is 0.424. The molecule has 1 heteroatoms. The van der Waals surface area contributed by atoms with Crippen molar-refractivity contribution in [2.24, 2.45) is 0 Å². The van der Waals surface area contributed by atoms with Crippen LogP contribution in [-0.4, -0.2) is 0 Å². The first-order valence-electron chi connectivity index (χ1n) is 9.52. The van der Waals surface area contributed by atoms with E-state index in [1.54, 1.807) is 0 Å². The standard InChI is InChI=1S/C25H25N/c1-2-3-4-6-14-21-15-11-18-24(25(21)19-26)23-17-10-9-16-22(23)20-12-7-5-8-13-20/h5,7-13,15-18H,2-4,6,14H2,1H3. The summed E-state index contributed by atoms with van der Waals surface area (Å²) in [6.07, 6.45) is 5.84. The Balaban J connectivity index is 2.02. The van der Waals surface area contributed by atoms with Gasteiger partial charge in [-0.2, -0.15) is 5.26 Å². The molecule has 0 heterocycles. The fourth-order valence-corrected chi connectivity index (χ4v) is 3.49. The average molecular weight is 339 g/mol. The summed E-state index contributed by atoms with van der Waals surface area (Å²) in [6, 6.07) is 27.5. The number of benzene rings is 3. The number of hydrogen-bond acceptors (Lipinski definition) is 1. The van der Waals surface area contributed by atoms with Crippen molar-refractivity contribution in [1.29, 1.82) is 5.26 Å². The minimum absolute atomic E-state index is 0.826. The number of hydrogen-bond donors (Lipinski definition) is 0. The van der Waals surface area contributed by atoms with Crippen LogP contribution in [0.25, 0.3) is 22.3 Å². The van der Waals surface area contributed by atoms with Crippen LogP contribution in [0.15, 0.2) is 72.8 Å². The maximum atomic E-state index is 9.87. The van der Waals surface area contributed by atoms with Gasteiger partial charge in [-0.25, -0.2) is 0 Å². The maximum Gasteiger partial charge on any atom is 0.100 e. The molecule has 3 aromatic rings. The molecule has 0 saturated heterocycles. The van der Waals surface area contributed by atoms with E-state index in [-0.39, 0.29) is 0 Å². The minimum atomic E-state index is 0.826. The predicted octanol–water partition coefficient (Wildman–Crippen LogP) is 7.02. The van der Waals surface area contributed by atoms with Gasteiger partial charge in [0.1, 0.15) is 6.07 Å². The molecule has 0 aromatic heterocycles. The van der Waals surface area contributed by atoms with Crippen LogP contribution in [0.5, 0.6) is 0 Å². The molecular weight excluding hydrogens is 314 g/mol. The van der Waals surface area contributed by atoms with Gasteiger partial charge in [0.15, 0.2) is 0 Å². The molecule has 3 rings (SSSR count). The van der Waals surface area contributed by atoms with Gasteiger partial charge in [0, 0.05) is 5.56 Å². The van der Waals surface area contributed by atoms with E-state index in [4.69, 9.17) is 0 Å². The number of nitriles is 1. The third kappa shape index (κ3) is 4.03. The van der Waals surface area contributed by atoms with Crippen molar-refractivity contribution in [2.45, 2.75) is 39.0 Å². The summed E-state index contributed by atoms with van der Waals surface area (Å²) in [7, 11) is 0. The molecule has 0 spiro atoms. The fourth-order valence-electron chi connectivity index (χ4n) is 3.49. The molecule has 0 radical (unpaired) electrons. The Morgan fingerprint density at radius 3 is 2.12 bits per heavy atom. The molecule has 0 amide bonds. The third-order valence-corrected chi connectivity index (χ3v) is 4.86. The van der Waals surface area contributed by atoms with Crippen LogP contribution >= 0.6 is 0 Å². The highest BCUT2D eigenvalue weighted by molar-refractivity contribution is 5.86. The molecule has 0 aliphatic carbocycles. The predicted molar refractivity (Wildman–Crippen MR) is 110 cm³/mol. The summed E-state index contributed by atoms with van der Waals surface area (Å²) < 4.78 is 0. The van der Waals surface area contributed by atoms with Gasteiger partial charge in [-0.1, -0.05) is 99.0 Å². The van der Waals surface area contributed by atoms with E-state index in [9.17, 15) is 5.26 Å². The summed E-state index contributed by atoms with van der Waals surface area (Å²) in [5.74, 6) is 0. The highest BCUT2D eigenvalue weighted by Crippen LogP contribution is 2.35. The Morgan fingerprint density at radius 1 is 0.692 bits per heavy atom. The van der Waals surface area contributed by atoms with Crippen molar-refractivity contribution < 1.29 is 0 Å². The zero-order valence-corrected chi connectivity index (χ0v) is 15.4. The Hall–Kier alpha value is -2.85. The van der Waals surface area contributed by atoms with Crippen molar-refractivity contribution in [3.63, 3.8) is 0 Å². The summed E-state index contributed by atoms with van der Waals surface area (Å²) in [5.41, 5.74) is 6.52. The summed E-state index contributed by atoms with van der Waals surface area (Å²) in [5, 5.41) is 9.87. The summed E-state index contributed by atoms with van der Waals surface area (Å²) in [4.78, 5) is 0. The van der Waals surface area contributed by atoms with Crippen molar-refractivity contribution in [1.82, 2.24) is 0 Å². The highest BCUT2D eigenvalue weighted by atomic mass is 14.3. The second-order valence-corrected chi connectivity index (χ2v) is 6.67. The molecule has 0 aliphatic rings. The molecular formula is C25H25N. The van der Waals surface area contributed by atoms with Crippen molar-refractivity contribution in [3.8, 4) is 28.3 Å². The van der Waals surface area contributed by atoms with E-state index in [0.717, 1.165) is 29.5 Å². The van der Waals surface area contributed by atoms with Crippen molar-refractivity contribution >= 4 is 0 Å². The van der Waals surface area contributed by atoms with Gasteiger partial charge >= 0.3 is 0 Å². The molecule has 130 valence electrons. The lowest BCUT2D eigenvalue weighted by Gasteiger charge is -2.14. The molecule has 0 aliphatic heterocycles. The first kappa shape index (κ1) is 18.0. The van der Waals surface area contributed by atoms with Crippen LogP contribution in [0.4, 0.5) is 0 Å². The summed E-state index contributed by atoms with van der Waals surface area (Å²) in [6.45, 7) is 2.22. The number of aryl methyl sites for hydroxylation is 1. The van der Waals surface area contributed by atoms with E-state index in [2.05, 4.69) is 79.7 Å². The molecule has 0 fully saturated rings. The molecule has 0 unspecified atom stereocenters. The Morgan fingerprint density at radius 2 is 1.38 bits per heavy atom. The van der Waals surface area contributed by atoms with Crippen LogP contribution in [0.3, 0.4) is 0 Å². The number of unbranched alkanes of at least 4 members (excludes halogenated alkanes) is 3. The van der Waals surface area contributed by atoms with Gasteiger partial charge in [-0.3, -0.25) is 0 Å². The number of nitrogens with zero attached hydrogens (tertiary/aromatic N) is 1. The van der Waals surface area contributed by atoms with Gasteiger partial charge in [0.05, 0.1) is 5.56 Å². The fraction of sp³-hybridized carbons (Fsp3) is 0.240. The minimum Gasteiger partial charge on any atom is -0.192 e. The molecule has 1 nitrogen and oxygen atoms in total. The topological polar surface area (TPSA) is 23.8 Å². The van der Waals surface area contributed by atoms with Crippen LogP contribution in [0.1, 0.15) is 43.7 Å². The second-order valence-electron chi connectivity index (χ2n) is 6.67. The van der Waals surface area contributed by atoms with Crippen molar-refractivity contribution in [2.75, 3.05) is 0 Å². The van der Waals surface area contributed by atoms with Gasteiger partial charge < -0.3 is 0 Å². The molecule has 0 atom stereocenters. The summed E-state index contributed by atoms with van der Waals surface area (Å²) >= 11 is 0. The van der Waals surface area contributed by atoms with Gasteiger partial charge in [-0.15, -0.1) is 0 Å². The molecule has 0 bridgehead atoms. The van der Waals surface area contributed by atoms with Crippen LogP contribution in [0, 0.1) is 11.3 Å². The van der Waals surface area contributed by atoms with E-state index in [1.165, 1.54) is 36.0 Å². The lowest BCUT2D eigenvalue weighted by molar-refractivity contribution is 0.666. The largest absolute Gasteiger partial charge is 0.192 e. The highest BCUT2D eigenvalue weighted by Gasteiger charge is 2.13. The first-order valence-corrected chi connectivity index (χ1v) is 9.52. The van der Waals surface area contributed by atoms with E-state index < -0.39 is 0 Å². The monoisotopic (exact) mass is 339 g/mol. The molecule has 0 N–H and O–H groups in total. The van der Waals surface area contributed by atoms with E-state index >= 15 is 0 Å². The number of rotatable bonds is 7. The lowest BCUT2D eigenvalue weighted by atomic mass is 9.89. The Kier molecular flexibility index (Phi) is 6.23. The Labute approximate surface area is 156 Å². The normalized spacial score (nSPS) is 10.5. The van der Waals surface area contributed by atoms with E-state index in [1.807, 2.05) is 6.07 Å². The van der Waals surface area contributed by atoms with Crippen LogP contribution in [0.2, 0.25) is 0 Å². The van der Waals surface area contributed by atoms with Crippen LogP contribution in [-0.2, 0) is 6.42 Å². The second kappa shape index (κ2) is 9.02. The van der Waals surface area contributed by atoms with Gasteiger partial charge in [0.2, 0.25) is 0 Å². The molecule has 3 aromatic carbocycles. The zero-order valence-electron chi connectivity index (χ0n) is 15.4. The third-order valence-electron chi connectivity index (χ3n) is 4.86. The average Bonchev–Trinajstić information content (AvgIpc) is 2.71. The first-order chi connectivity index (χ1) is 12.8. The zero-order chi connectivity index (χ0) is 18.2. The van der Waals surface area contributed by atoms with Crippen molar-refractivity contribution in [3.05, 3.63) is 83.9 Å². The van der Waals surface area contributed by atoms with E-state index in [0.29, 0.717) is 0 Å². The smallest absolute Gasteiger partial charge is 0.100 e. The SMILES string of the molecule is CCCCCCc1cccc(-c2ccccc2-c2ccccc2)c1C#N. The lowest BCUT2D eigenvalue weighted by Crippen LogP contribution is -1.95. The van der Waals surface area contributed by atoms with Gasteiger partial charge in [0.25, 0.3) is 0 Å². The molecule has 0 saturated carbocycles. The Bertz CT molecular complexity index is 888. The molecule has 26 heavy (non-hydrogen) atoms.